The molecule has 1 fully saturated rings. The van der Waals surface area contributed by atoms with Crippen molar-refractivity contribution in [2.75, 3.05) is 6.26 Å². The van der Waals surface area contributed by atoms with Crippen molar-refractivity contribution in [2.24, 2.45) is 17.8 Å². The van der Waals surface area contributed by atoms with Gasteiger partial charge in [-0.2, -0.15) is 0 Å². The van der Waals surface area contributed by atoms with Crippen molar-refractivity contribution >= 4 is 20.1 Å². The summed E-state index contributed by atoms with van der Waals surface area (Å²) in [6.07, 6.45) is 6.24. The third-order valence-corrected chi connectivity index (χ3v) is 6.73. The molecular weight excluding hydrogens is 244 g/mol. The zero-order valence-electron chi connectivity index (χ0n) is 12.7. The van der Waals surface area contributed by atoms with E-state index in [4.69, 9.17) is 4.43 Å². The van der Waals surface area contributed by atoms with Crippen molar-refractivity contribution in [1.82, 2.24) is 0 Å². The van der Waals surface area contributed by atoms with Crippen LogP contribution >= 0.6 is 11.8 Å². The topological polar surface area (TPSA) is 9.23 Å². The highest BCUT2D eigenvalue weighted by molar-refractivity contribution is 7.99. The molecule has 0 N–H and O–H groups in total. The molecule has 0 aliphatic heterocycles. The zero-order valence-corrected chi connectivity index (χ0v) is 14.5. The maximum absolute atomic E-state index is 6.63. The standard InChI is InChI=1S/C14H30OSSi/c1-8-13-9-11(2)14(16-4,12(3)10-13)15-17(5,6)7/h11-13H,8-10H2,1-7H3. The quantitative estimate of drug-likeness (QED) is 0.527. The van der Waals surface area contributed by atoms with Gasteiger partial charge in [-0.1, -0.05) is 27.2 Å². The fraction of sp³-hybridized carbons (Fsp3) is 1.00. The summed E-state index contributed by atoms with van der Waals surface area (Å²) < 4.78 is 6.63. The lowest BCUT2D eigenvalue weighted by Crippen LogP contribution is -2.52. The van der Waals surface area contributed by atoms with Gasteiger partial charge in [-0.3, -0.25) is 0 Å². The largest absolute Gasteiger partial charge is 0.403 e. The molecule has 0 saturated heterocycles. The molecule has 1 rings (SSSR count). The van der Waals surface area contributed by atoms with Crippen molar-refractivity contribution in [3.05, 3.63) is 0 Å². The van der Waals surface area contributed by atoms with Gasteiger partial charge in [-0.05, 0) is 56.5 Å². The summed E-state index contributed by atoms with van der Waals surface area (Å²) in [7, 11) is -1.47. The Morgan fingerprint density at radius 3 is 1.94 bits per heavy atom. The van der Waals surface area contributed by atoms with E-state index in [0.717, 1.165) is 5.92 Å². The Morgan fingerprint density at radius 1 is 1.18 bits per heavy atom. The predicted molar refractivity (Wildman–Crippen MR) is 82.0 cm³/mol. The average molecular weight is 275 g/mol. The minimum atomic E-state index is -1.47. The van der Waals surface area contributed by atoms with Crippen molar-refractivity contribution in [3.63, 3.8) is 0 Å². The molecule has 0 heterocycles. The fourth-order valence-electron chi connectivity index (χ4n) is 3.37. The molecule has 0 bridgehead atoms. The lowest BCUT2D eigenvalue weighted by Gasteiger charge is -2.51. The van der Waals surface area contributed by atoms with Crippen LogP contribution in [0.5, 0.6) is 0 Å². The first-order valence-corrected chi connectivity index (χ1v) is 11.6. The minimum Gasteiger partial charge on any atom is -0.403 e. The van der Waals surface area contributed by atoms with Gasteiger partial charge >= 0.3 is 0 Å². The second-order valence-electron chi connectivity index (χ2n) is 6.69. The van der Waals surface area contributed by atoms with Crippen LogP contribution in [-0.4, -0.2) is 19.5 Å². The van der Waals surface area contributed by atoms with E-state index >= 15 is 0 Å². The first-order valence-electron chi connectivity index (χ1n) is 7.00. The number of rotatable bonds is 4. The van der Waals surface area contributed by atoms with Crippen LogP contribution in [0, 0.1) is 17.8 Å². The van der Waals surface area contributed by atoms with E-state index in [0.29, 0.717) is 11.8 Å². The van der Waals surface area contributed by atoms with Crippen LogP contribution < -0.4 is 0 Å². The van der Waals surface area contributed by atoms with Crippen LogP contribution in [0.2, 0.25) is 19.6 Å². The zero-order chi connectivity index (χ0) is 13.3. The number of thioether (sulfide) groups is 1. The SMILES string of the molecule is CCC1CC(C)C(O[Si](C)(C)C)(SC)C(C)C1. The normalized spacial score (nSPS) is 39.4. The van der Waals surface area contributed by atoms with E-state index in [1.807, 2.05) is 11.8 Å². The lowest BCUT2D eigenvalue weighted by molar-refractivity contribution is -0.00541. The first-order chi connectivity index (χ1) is 7.75. The van der Waals surface area contributed by atoms with E-state index in [-0.39, 0.29) is 4.93 Å². The van der Waals surface area contributed by atoms with Crippen molar-refractivity contribution in [1.29, 1.82) is 0 Å². The molecule has 102 valence electrons. The lowest BCUT2D eigenvalue weighted by atomic mass is 9.73. The van der Waals surface area contributed by atoms with Gasteiger partial charge in [0, 0.05) is 0 Å². The molecule has 1 aliphatic carbocycles. The van der Waals surface area contributed by atoms with Gasteiger partial charge in [0.25, 0.3) is 0 Å². The Morgan fingerprint density at radius 2 is 1.65 bits per heavy atom. The van der Waals surface area contributed by atoms with Crippen LogP contribution in [0.1, 0.15) is 40.0 Å². The fourth-order valence-corrected chi connectivity index (χ4v) is 6.81. The summed E-state index contributed by atoms with van der Waals surface area (Å²) in [6.45, 7) is 14.1. The molecule has 0 spiro atoms. The molecule has 1 aliphatic rings. The van der Waals surface area contributed by atoms with Crippen LogP contribution in [0.15, 0.2) is 0 Å². The second kappa shape index (κ2) is 5.66. The molecule has 0 aromatic heterocycles. The molecule has 1 nitrogen and oxygen atoms in total. The van der Waals surface area contributed by atoms with Crippen molar-refractivity contribution < 1.29 is 4.43 Å². The van der Waals surface area contributed by atoms with Crippen LogP contribution in [-0.2, 0) is 4.43 Å². The van der Waals surface area contributed by atoms with Crippen molar-refractivity contribution in [3.8, 4) is 0 Å². The highest BCUT2D eigenvalue weighted by Gasteiger charge is 2.48. The number of hydrogen-bond acceptors (Lipinski definition) is 2. The second-order valence-corrected chi connectivity index (χ2v) is 12.2. The third kappa shape index (κ3) is 3.51. The molecule has 17 heavy (non-hydrogen) atoms. The smallest absolute Gasteiger partial charge is 0.185 e. The van der Waals surface area contributed by atoms with Gasteiger partial charge in [0.2, 0.25) is 0 Å². The van der Waals surface area contributed by atoms with Crippen LogP contribution in [0.4, 0.5) is 0 Å². The maximum atomic E-state index is 6.63. The van der Waals surface area contributed by atoms with E-state index < -0.39 is 8.32 Å². The van der Waals surface area contributed by atoms with E-state index in [2.05, 4.69) is 46.7 Å². The molecule has 1 saturated carbocycles. The average Bonchev–Trinajstić information content (AvgIpc) is 2.21. The van der Waals surface area contributed by atoms with Crippen LogP contribution in [0.3, 0.4) is 0 Å². The minimum absolute atomic E-state index is 0.0795. The molecule has 3 heteroatoms. The summed E-state index contributed by atoms with van der Waals surface area (Å²) >= 11 is 1.96. The summed E-state index contributed by atoms with van der Waals surface area (Å²) in [5, 5.41) is 0. The summed E-state index contributed by atoms with van der Waals surface area (Å²) in [4.78, 5) is 0.0795. The maximum Gasteiger partial charge on any atom is 0.185 e. The van der Waals surface area contributed by atoms with E-state index in [9.17, 15) is 0 Å². The Labute approximate surface area is 113 Å². The predicted octanol–water partition coefficient (Wildman–Crippen LogP) is 4.99. The highest BCUT2D eigenvalue weighted by Crippen LogP contribution is 2.51. The summed E-state index contributed by atoms with van der Waals surface area (Å²) in [6, 6.07) is 0. The molecule has 0 aromatic rings. The van der Waals surface area contributed by atoms with Gasteiger partial charge in [-0.15, -0.1) is 11.8 Å². The Kier molecular flexibility index (Phi) is 5.19. The Balaban J connectivity index is 2.90. The number of hydrogen-bond donors (Lipinski definition) is 0. The van der Waals surface area contributed by atoms with Crippen molar-refractivity contribution in [2.45, 2.75) is 64.6 Å². The molecular formula is C14H30OSSi. The molecule has 2 atom stereocenters. The summed E-state index contributed by atoms with van der Waals surface area (Å²) in [5.41, 5.74) is 0. The Bertz CT molecular complexity index is 237. The molecule has 0 radical (unpaired) electrons. The summed E-state index contributed by atoms with van der Waals surface area (Å²) in [5.74, 6) is 2.27. The van der Waals surface area contributed by atoms with Gasteiger partial charge in [0.05, 0.1) is 0 Å². The van der Waals surface area contributed by atoms with Gasteiger partial charge in [0.1, 0.15) is 4.93 Å². The molecule has 0 amide bonds. The highest BCUT2D eigenvalue weighted by atomic mass is 32.2. The van der Waals surface area contributed by atoms with E-state index in [1.165, 1.54) is 19.3 Å². The molecule has 0 aromatic carbocycles. The van der Waals surface area contributed by atoms with Gasteiger partial charge in [0.15, 0.2) is 8.32 Å². The van der Waals surface area contributed by atoms with Crippen LogP contribution in [0.25, 0.3) is 0 Å². The first kappa shape index (κ1) is 15.6. The monoisotopic (exact) mass is 274 g/mol. The van der Waals surface area contributed by atoms with E-state index in [1.54, 1.807) is 0 Å². The van der Waals surface area contributed by atoms with Gasteiger partial charge < -0.3 is 4.43 Å². The third-order valence-electron chi connectivity index (χ3n) is 4.11. The molecule has 2 unspecified atom stereocenters. The Hall–Kier alpha value is 0.527. The van der Waals surface area contributed by atoms with Gasteiger partial charge in [-0.25, -0.2) is 0 Å².